The van der Waals surface area contributed by atoms with Crippen molar-refractivity contribution in [1.82, 2.24) is 5.32 Å². The summed E-state index contributed by atoms with van der Waals surface area (Å²) in [4.78, 5) is 11.8. The lowest BCUT2D eigenvalue weighted by atomic mass is 10.0. The van der Waals surface area contributed by atoms with Crippen molar-refractivity contribution in [1.29, 1.82) is 0 Å². The standard InChI is InChI=1S/C11H13F2N3O2/c1-11(2,10(14)16-18)15-9(17)6-3-4-7(12)8(13)5-6/h3-5,18H,1-2H3,(H2,14,16)(H,15,17). The second-order valence-electron chi connectivity index (χ2n) is 4.19. The first-order valence-electron chi connectivity index (χ1n) is 5.03. The molecule has 1 amide bonds. The lowest BCUT2D eigenvalue weighted by Gasteiger charge is -2.24. The van der Waals surface area contributed by atoms with Gasteiger partial charge in [-0.1, -0.05) is 5.16 Å². The number of hydrogen-bond donors (Lipinski definition) is 3. The van der Waals surface area contributed by atoms with Gasteiger partial charge in [-0.3, -0.25) is 4.79 Å². The summed E-state index contributed by atoms with van der Waals surface area (Å²) in [5, 5.41) is 13.7. The fraction of sp³-hybridized carbons (Fsp3) is 0.273. The van der Waals surface area contributed by atoms with Crippen molar-refractivity contribution in [3.63, 3.8) is 0 Å². The van der Waals surface area contributed by atoms with Crippen LogP contribution in [0.25, 0.3) is 0 Å². The summed E-state index contributed by atoms with van der Waals surface area (Å²) in [6.07, 6.45) is 0. The maximum absolute atomic E-state index is 13.0. The molecule has 0 radical (unpaired) electrons. The number of nitrogens with one attached hydrogen (secondary N) is 1. The number of amides is 1. The molecule has 0 aliphatic carbocycles. The largest absolute Gasteiger partial charge is 0.409 e. The Kier molecular flexibility index (Phi) is 3.85. The van der Waals surface area contributed by atoms with Gasteiger partial charge in [0.05, 0.1) is 5.54 Å². The fourth-order valence-electron chi connectivity index (χ4n) is 1.18. The van der Waals surface area contributed by atoms with E-state index in [-0.39, 0.29) is 11.4 Å². The van der Waals surface area contributed by atoms with Gasteiger partial charge in [-0.15, -0.1) is 0 Å². The third-order valence-electron chi connectivity index (χ3n) is 2.36. The molecule has 0 aliphatic heterocycles. The van der Waals surface area contributed by atoms with Crippen LogP contribution in [0.15, 0.2) is 23.4 Å². The van der Waals surface area contributed by atoms with Crippen molar-refractivity contribution in [3.8, 4) is 0 Å². The third-order valence-corrected chi connectivity index (χ3v) is 2.36. The van der Waals surface area contributed by atoms with Crippen LogP contribution in [0.5, 0.6) is 0 Å². The van der Waals surface area contributed by atoms with Gasteiger partial charge < -0.3 is 16.3 Å². The summed E-state index contributed by atoms with van der Waals surface area (Å²) in [5.74, 6) is -3.03. The average Bonchev–Trinajstić information content (AvgIpc) is 2.30. The van der Waals surface area contributed by atoms with E-state index < -0.39 is 23.1 Å². The number of hydrogen-bond acceptors (Lipinski definition) is 3. The number of halogens is 2. The molecule has 1 rings (SSSR count). The van der Waals surface area contributed by atoms with E-state index in [4.69, 9.17) is 10.9 Å². The highest BCUT2D eigenvalue weighted by Gasteiger charge is 2.26. The predicted molar refractivity (Wildman–Crippen MR) is 61.3 cm³/mol. The van der Waals surface area contributed by atoms with E-state index >= 15 is 0 Å². The highest BCUT2D eigenvalue weighted by Crippen LogP contribution is 2.10. The van der Waals surface area contributed by atoms with Crippen molar-refractivity contribution < 1.29 is 18.8 Å². The molecule has 98 valence electrons. The monoisotopic (exact) mass is 257 g/mol. The van der Waals surface area contributed by atoms with Crippen molar-refractivity contribution in [3.05, 3.63) is 35.4 Å². The molecule has 0 fully saturated rings. The molecule has 0 spiro atoms. The average molecular weight is 257 g/mol. The summed E-state index contributed by atoms with van der Waals surface area (Å²) in [7, 11) is 0. The highest BCUT2D eigenvalue weighted by molar-refractivity contribution is 5.99. The first-order chi connectivity index (χ1) is 8.27. The molecular weight excluding hydrogens is 244 g/mol. The minimum absolute atomic E-state index is 0.0623. The summed E-state index contributed by atoms with van der Waals surface area (Å²) in [6, 6.07) is 2.75. The van der Waals surface area contributed by atoms with Gasteiger partial charge in [0.15, 0.2) is 17.5 Å². The summed E-state index contributed by atoms with van der Waals surface area (Å²) in [5.41, 5.74) is 4.21. The molecule has 18 heavy (non-hydrogen) atoms. The lowest BCUT2D eigenvalue weighted by molar-refractivity contribution is 0.0930. The van der Waals surface area contributed by atoms with Gasteiger partial charge in [0.2, 0.25) is 0 Å². The molecule has 4 N–H and O–H groups in total. The number of amidine groups is 1. The number of carbonyl (C=O) groups excluding carboxylic acids is 1. The SMILES string of the molecule is CC(C)(NC(=O)c1ccc(F)c(F)c1)/C(N)=N/O. The highest BCUT2D eigenvalue weighted by atomic mass is 19.2. The number of carbonyl (C=O) groups is 1. The number of nitrogens with two attached hydrogens (primary N) is 1. The molecule has 0 aliphatic rings. The van der Waals surface area contributed by atoms with Gasteiger partial charge in [0.25, 0.3) is 5.91 Å². The number of nitrogens with zero attached hydrogens (tertiary/aromatic N) is 1. The zero-order valence-corrected chi connectivity index (χ0v) is 9.87. The quantitative estimate of drug-likeness (QED) is 0.329. The minimum Gasteiger partial charge on any atom is -0.409 e. The molecule has 0 unspecified atom stereocenters. The van der Waals surface area contributed by atoms with Crippen molar-refractivity contribution in [2.45, 2.75) is 19.4 Å². The van der Waals surface area contributed by atoms with Crippen molar-refractivity contribution in [2.24, 2.45) is 10.9 Å². The third kappa shape index (κ3) is 2.93. The van der Waals surface area contributed by atoms with Gasteiger partial charge >= 0.3 is 0 Å². The first kappa shape index (κ1) is 13.9. The second-order valence-corrected chi connectivity index (χ2v) is 4.19. The molecular formula is C11H13F2N3O2. The van der Waals surface area contributed by atoms with Crippen LogP contribution in [0, 0.1) is 11.6 Å². The number of benzene rings is 1. The van der Waals surface area contributed by atoms with Crippen LogP contribution in [-0.2, 0) is 0 Å². The van der Waals surface area contributed by atoms with E-state index in [2.05, 4.69) is 10.5 Å². The number of oxime groups is 1. The molecule has 0 bridgehead atoms. The maximum atomic E-state index is 13.0. The predicted octanol–water partition coefficient (Wildman–Crippen LogP) is 1.22. The topological polar surface area (TPSA) is 87.7 Å². The summed E-state index contributed by atoms with van der Waals surface area (Å²) >= 11 is 0. The molecule has 1 aromatic carbocycles. The molecule has 0 saturated carbocycles. The maximum Gasteiger partial charge on any atom is 0.252 e. The van der Waals surface area contributed by atoms with Gasteiger partial charge in [0, 0.05) is 5.56 Å². The van der Waals surface area contributed by atoms with Crippen LogP contribution >= 0.6 is 0 Å². The van der Waals surface area contributed by atoms with Crippen LogP contribution in [0.2, 0.25) is 0 Å². The Morgan fingerprint density at radius 3 is 2.50 bits per heavy atom. The van der Waals surface area contributed by atoms with Gasteiger partial charge in [-0.2, -0.15) is 0 Å². The Bertz CT molecular complexity index is 501. The summed E-state index contributed by atoms with van der Waals surface area (Å²) < 4.78 is 25.7. The Morgan fingerprint density at radius 1 is 1.39 bits per heavy atom. The van der Waals surface area contributed by atoms with Crippen molar-refractivity contribution in [2.75, 3.05) is 0 Å². The van der Waals surface area contributed by atoms with Crippen LogP contribution in [-0.4, -0.2) is 22.5 Å². The molecule has 0 heterocycles. The Balaban J connectivity index is 2.92. The number of rotatable bonds is 3. The van der Waals surface area contributed by atoms with E-state index in [1.165, 1.54) is 13.8 Å². The van der Waals surface area contributed by atoms with Crippen LogP contribution in [0.3, 0.4) is 0 Å². The first-order valence-corrected chi connectivity index (χ1v) is 5.03. The van der Waals surface area contributed by atoms with E-state index in [1.54, 1.807) is 0 Å². The van der Waals surface area contributed by atoms with Gasteiger partial charge in [-0.05, 0) is 32.0 Å². The van der Waals surface area contributed by atoms with E-state index in [9.17, 15) is 13.6 Å². The Morgan fingerprint density at radius 2 is 2.00 bits per heavy atom. The van der Waals surface area contributed by atoms with Gasteiger partial charge in [-0.25, -0.2) is 8.78 Å². The molecule has 0 aromatic heterocycles. The van der Waals surface area contributed by atoms with Crippen LogP contribution < -0.4 is 11.1 Å². The van der Waals surface area contributed by atoms with Crippen LogP contribution in [0.4, 0.5) is 8.78 Å². The second kappa shape index (κ2) is 4.99. The molecule has 0 saturated heterocycles. The fourth-order valence-corrected chi connectivity index (χ4v) is 1.18. The summed E-state index contributed by atoms with van der Waals surface area (Å²) in [6.45, 7) is 3.00. The smallest absolute Gasteiger partial charge is 0.252 e. The van der Waals surface area contributed by atoms with E-state index in [1.807, 2.05) is 0 Å². The van der Waals surface area contributed by atoms with Crippen molar-refractivity contribution >= 4 is 11.7 Å². The normalized spacial score (nSPS) is 12.3. The Labute approximate surface area is 102 Å². The van der Waals surface area contributed by atoms with Crippen LogP contribution in [0.1, 0.15) is 24.2 Å². The molecule has 0 atom stereocenters. The molecule has 7 heteroatoms. The molecule has 5 nitrogen and oxygen atoms in total. The van der Waals surface area contributed by atoms with Gasteiger partial charge in [0.1, 0.15) is 0 Å². The zero-order valence-electron chi connectivity index (χ0n) is 9.87. The lowest BCUT2D eigenvalue weighted by Crippen LogP contribution is -2.53. The van der Waals surface area contributed by atoms with E-state index in [0.29, 0.717) is 0 Å². The Hall–Kier alpha value is -2.18. The minimum atomic E-state index is -1.12. The van der Waals surface area contributed by atoms with E-state index in [0.717, 1.165) is 18.2 Å². The zero-order chi connectivity index (χ0) is 13.9. The molecule has 1 aromatic rings.